The van der Waals surface area contributed by atoms with Crippen molar-refractivity contribution in [3.05, 3.63) is 35.4 Å². The number of nitrogens with one attached hydrogen (secondary N) is 2. The van der Waals surface area contributed by atoms with Crippen molar-refractivity contribution in [2.24, 2.45) is 11.7 Å². The number of carbonyl (C=O) groups is 3. The van der Waals surface area contributed by atoms with Crippen LogP contribution in [0.25, 0.3) is 0 Å². The molecule has 0 heterocycles. The van der Waals surface area contributed by atoms with Gasteiger partial charge in [0.25, 0.3) is 0 Å². The van der Waals surface area contributed by atoms with Crippen LogP contribution in [0.2, 0.25) is 0 Å². The standard InChI is InChI=1S/C16H23N3O4/c1-9(2)14(15(21)22)19-13(20)8-12(18-16(17)23)11-7-5-4-6-10(11)3/h4-7,9,12,14H,8H2,1-3H3,(H,19,20)(H,21,22)(H3,17,18,23)/t12?,14-/m0/s1. The van der Waals surface area contributed by atoms with Gasteiger partial charge in [0.2, 0.25) is 5.91 Å². The van der Waals surface area contributed by atoms with Crippen LogP contribution in [0, 0.1) is 12.8 Å². The number of hydrogen-bond donors (Lipinski definition) is 4. The lowest BCUT2D eigenvalue weighted by atomic mass is 9.98. The average Bonchev–Trinajstić information content (AvgIpc) is 2.43. The lowest BCUT2D eigenvalue weighted by molar-refractivity contribution is -0.143. The molecule has 0 radical (unpaired) electrons. The molecular formula is C16H23N3O4. The molecule has 0 aliphatic heterocycles. The van der Waals surface area contributed by atoms with Crippen molar-refractivity contribution in [3.63, 3.8) is 0 Å². The van der Waals surface area contributed by atoms with E-state index in [1.807, 2.05) is 19.1 Å². The fourth-order valence-corrected chi connectivity index (χ4v) is 2.32. The molecule has 7 heteroatoms. The van der Waals surface area contributed by atoms with Gasteiger partial charge in [0.15, 0.2) is 0 Å². The van der Waals surface area contributed by atoms with Crippen molar-refractivity contribution in [3.8, 4) is 0 Å². The van der Waals surface area contributed by atoms with Gasteiger partial charge in [-0.2, -0.15) is 0 Å². The van der Waals surface area contributed by atoms with Crippen LogP contribution in [0.15, 0.2) is 24.3 Å². The number of carboxylic acid groups (broad SMARTS) is 1. The first-order valence-corrected chi connectivity index (χ1v) is 7.36. The molecule has 126 valence electrons. The Hall–Kier alpha value is -2.57. The average molecular weight is 321 g/mol. The quantitative estimate of drug-likeness (QED) is 0.605. The van der Waals surface area contributed by atoms with E-state index >= 15 is 0 Å². The van der Waals surface area contributed by atoms with E-state index in [-0.39, 0.29) is 12.3 Å². The molecule has 0 aromatic heterocycles. The number of hydrogen-bond acceptors (Lipinski definition) is 3. The Morgan fingerprint density at radius 2 is 1.78 bits per heavy atom. The lowest BCUT2D eigenvalue weighted by Crippen LogP contribution is -2.46. The highest BCUT2D eigenvalue weighted by Crippen LogP contribution is 2.20. The predicted octanol–water partition coefficient (Wildman–Crippen LogP) is 1.32. The molecule has 0 aliphatic carbocycles. The molecule has 0 spiro atoms. The van der Waals surface area contributed by atoms with Crippen molar-refractivity contribution < 1.29 is 19.5 Å². The van der Waals surface area contributed by atoms with Crippen molar-refractivity contribution >= 4 is 17.9 Å². The first kappa shape index (κ1) is 18.5. The number of rotatable bonds is 7. The molecule has 1 unspecified atom stereocenters. The van der Waals surface area contributed by atoms with Crippen LogP contribution in [0.4, 0.5) is 4.79 Å². The third-order valence-electron chi connectivity index (χ3n) is 3.52. The molecule has 0 aliphatic rings. The number of aliphatic carboxylic acids is 1. The SMILES string of the molecule is Cc1ccccc1C(CC(=O)N[C@H](C(=O)O)C(C)C)NC(N)=O. The maximum Gasteiger partial charge on any atom is 0.326 e. The highest BCUT2D eigenvalue weighted by Gasteiger charge is 2.26. The van der Waals surface area contributed by atoms with Crippen LogP contribution < -0.4 is 16.4 Å². The minimum Gasteiger partial charge on any atom is -0.480 e. The predicted molar refractivity (Wildman–Crippen MR) is 85.7 cm³/mol. The van der Waals surface area contributed by atoms with Crippen molar-refractivity contribution in [2.45, 2.75) is 39.3 Å². The molecule has 1 rings (SSSR count). The minimum atomic E-state index is -1.09. The second-order valence-corrected chi connectivity index (χ2v) is 5.75. The third-order valence-corrected chi connectivity index (χ3v) is 3.52. The Morgan fingerprint density at radius 3 is 2.26 bits per heavy atom. The fraction of sp³-hybridized carbons (Fsp3) is 0.438. The van der Waals surface area contributed by atoms with Crippen LogP contribution >= 0.6 is 0 Å². The van der Waals surface area contributed by atoms with E-state index in [9.17, 15) is 14.4 Å². The molecule has 23 heavy (non-hydrogen) atoms. The molecular weight excluding hydrogens is 298 g/mol. The van der Waals surface area contributed by atoms with Gasteiger partial charge in [0, 0.05) is 0 Å². The highest BCUT2D eigenvalue weighted by atomic mass is 16.4. The minimum absolute atomic E-state index is 0.0930. The van der Waals surface area contributed by atoms with Crippen LogP contribution in [-0.2, 0) is 9.59 Å². The number of amides is 3. The number of benzene rings is 1. The first-order valence-electron chi connectivity index (χ1n) is 7.36. The molecule has 7 nitrogen and oxygen atoms in total. The summed E-state index contributed by atoms with van der Waals surface area (Å²) in [4.78, 5) is 34.5. The number of nitrogens with two attached hydrogens (primary N) is 1. The molecule has 0 saturated heterocycles. The molecule has 1 aromatic carbocycles. The maximum atomic E-state index is 12.2. The molecule has 0 fully saturated rings. The van der Waals surface area contributed by atoms with E-state index in [0.29, 0.717) is 0 Å². The maximum absolute atomic E-state index is 12.2. The number of carboxylic acids is 1. The first-order chi connectivity index (χ1) is 10.7. The van der Waals surface area contributed by atoms with E-state index in [1.165, 1.54) is 0 Å². The van der Waals surface area contributed by atoms with Gasteiger partial charge >= 0.3 is 12.0 Å². The summed E-state index contributed by atoms with van der Waals surface area (Å²) in [6.07, 6.45) is -0.0930. The smallest absolute Gasteiger partial charge is 0.326 e. The lowest BCUT2D eigenvalue weighted by Gasteiger charge is -2.22. The summed E-state index contributed by atoms with van der Waals surface area (Å²) in [5.41, 5.74) is 6.84. The topological polar surface area (TPSA) is 122 Å². The van der Waals surface area contributed by atoms with Crippen LogP contribution in [0.5, 0.6) is 0 Å². The summed E-state index contributed by atoms with van der Waals surface area (Å²) in [5.74, 6) is -1.81. The van der Waals surface area contributed by atoms with Gasteiger partial charge in [-0.3, -0.25) is 4.79 Å². The van der Waals surface area contributed by atoms with Crippen molar-refractivity contribution in [1.29, 1.82) is 0 Å². The Labute approximate surface area is 135 Å². The molecule has 1 aromatic rings. The number of aryl methyl sites for hydroxylation is 1. The van der Waals surface area contributed by atoms with Gasteiger partial charge in [0.05, 0.1) is 12.5 Å². The Kier molecular flexibility index (Phi) is 6.56. The van der Waals surface area contributed by atoms with E-state index in [4.69, 9.17) is 10.8 Å². The normalized spacial score (nSPS) is 13.2. The monoisotopic (exact) mass is 321 g/mol. The van der Waals surface area contributed by atoms with Gasteiger partial charge in [-0.25, -0.2) is 9.59 Å². The van der Waals surface area contributed by atoms with Gasteiger partial charge in [-0.05, 0) is 24.0 Å². The molecule has 0 bridgehead atoms. The second-order valence-electron chi connectivity index (χ2n) is 5.75. The van der Waals surface area contributed by atoms with E-state index in [2.05, 4.69) is 10.6 Å². The van der Waals surface area contributed by atoms with Gasteiger partial charge in [-0.15, -0.1) is 0 Å². The second kappa shape index (κ2) is 8.17. The van der Waals surface area contributed by atoms with E-state index in [0.717, 1.165) is 11.1 Å². The van der Waals surface area contributed by atoms with Crippen LogP contribution in [0.3, 0.4) is 0 Å². The molecule has 5 N–H and O–H groups in total. The summed E-state index contributed by atoms with van der Waals surface area (Å²) in [7, 11) is 0. The van der Waals surface area contributed by atoms with E-state index in [1.54, 1.807) is 26.0 Å². The number of primary amides is 1. The summed E-state index contributed by atoms with van der Waals surface area (Å²) in [6.45, 7) is 5.27. The largest absolute Gasteiger partial charge is 0.480 e. The van der Waals surface area contributed by atoms with Crippen molar-refractivity contribution in [1.82, 2.24) is 10.6 Å². The van der Waals surface area contributed by atoms with Crippen molar-refractivity contribution in [2.75, 3.05) is 0 Å². The third kappa shape index (κ3) is 5.61. The molecule has 0 saturated carbocycles. The summed E-state index contributed by atoms with van der Waals surface area (Å²) < 4.78 is 0. The van der Waals surface area contributed by atoms with Crippen LogP contribution in [-0.4, -0.2) is 29.1 Å². The van der Waals surface area contributed by atoms with E-state index < -0.39 is 30.0 Å². The number of carbonyl (C=O) groups excluding carboxylic acids is 2. The Morgan fingerprint density at radius 1 is 1.17 bits per heavy atom. The Balaban J connectivity index is 2.89. The highest BCUT2D eigenvalue weighted by molar-refractivity contribution is 5.84. The molecule has 2 atom stereocenters. The summed E-state index contributed by atoms with van der Waals surface area (Å²) in [6, 6.07) is 4.95. The zero-order valence-corrected chi connectivity index (χ0v) is 13.5. The zero-order chi connectivity index (χ0) is 17.6. The van der Waals surface area contributed by atoms with Gasteiger partial charge in [0.1, 0.15) is 6.04 Å². The summed E-state index contributed by atoms with van der Waals surface area (Å²) in [5, 5.41) is 14.1. The zero-order valence-electron chi connectivity index (χ0n) is 13.5. The van der Waals surface area contributed by atoms with Crippen LogP contribution in [0.1, 0.15) is 37.4 Å². The number of urea groups is 1. The molecule has 3 amide bonds. The fourth-order valence-electron chi connectivity index (χ4n) is 2.32. The van der Waals surface area contributed by atoms with Gasteiger partial charge in [-0.1, -0.05) is 38.1 Å². The van der Waals surface area contributed by atoms with Gasteiger partial charge < -0.3 is 21.5 Å². The summed E-state index contributed by atoms with van der Waals surface area (Å²) >= 11 is 0. The Bertz CT molecular complexity index is 586.